The molecule has 2 unspecified atom stereocenters. The SMILES string of the molecule is C[C@H](OC(=O)C1CS[P@@](=O)(OC[C@H]2OC(n3cnc4c(=O)[nH]c(N)nc43)[C@](C)(O)[C@@H]2O)N1)c1ccccc1. The number of hydrogen-bond donors (Lipinski definition) is 5. The van der Waals surface area contributed by atoms with Crippen molar-refractivity contribution in [1.82, 2.24) is 24.6 Å². The molecule has 0 saturated carbocycles. The molecule has 3 aromatic rings. The van der Waals surface area contributed by atoms with E-state index in [1.807, 2.05) is 30.3 Å². The van der Waals surface area contributed by atoms with Gasteiger partial charge < -0.3 is 29.9 Å². The van der Waals surface area contributed by atoms with Crippen molar-refractivity contribution in [2.75, 3.05) is 18.1 Å². The number of aliphatic hydroxyl groups is 2. The monoisotopic (exact) mass is 566 g/mol. The Bertz CT molecular complexity index is 1450. The molecule has 2 saturated heterocycles. The zero-order valence-corrected chi connectivity index (χ0v) is 22.1. The summed E-state index contributed by atoms with van der Waals surface area (Å²) in [6.45, 7) is -0.825. The number of rotatable bonds is 7. The highest BCUT2D eigenvalue weighted by atomic mass is 32.7. The van der Waals surface area contributed by atoms with Crippen molar-refractivity contribution in [3.63, 3.8) is 0 Å². The summed E-state index contributed by atoms with van der Waals surface area (Å²) in [7, 11) is 0. The summed E-state index contributed by atoms with van der Waals surface area (Å²) in [5.41, 5.74) is 4.07. The molecule has 2 fully saturated rings. The highest BCUT2D eigenvalue weighted by Crippen LogP contribution is 2.61. The van der Waals surface area contributed by atoms with Gasteiger partial charge in [0, 0.05) is 5.75 Å². The minimum absolute atomic E-state index is 0.0247. The van der Waals surface area contributed by atoms with Crippen LogP contribution in [-0.2, 0) is 23.4 Å². The highest BCUT2D eigenvalue weighted by Gasteiger charge is 2.54. The standard InChI is InChI=1S/C22H27N6O8PS/c1-11(12-6-4-3-5-7-12)35-19(31)13-9-38-37(33,27-13)34-8-14-16(29)22(2,32)20(36-14)28-10-24-15-17(28)25-21(23)26-18(15)30/h3-7,10-11,13-14,16,20,29,32H,8-9H2,1-2H3,(H,27,33)(H3,23,25,26,30)/t11-,13?,14+,16+,20?,22+,37-/m0/s1. The maximum absolute atomic E-state index is 13.2. The number of hydrogen-bond acceptors (Lipinski definition) is 12. The second-order valence-electron chi connectivity index (χ2n) is 9.23. The fraction of sp³-hybridized carbons (Fsp3) is 0.455. The topological polar surface area (TPSA) is 204 Å². The highest BCUT2D eigenvalue weighted by molar-refractivity contribution is 8.56. The van der Waals surface area contributed by atoms with E-state index in [0.717, 1.165) is 16.9 Å². The molecule has 6 N–H and O–H groups in total. The molecule has 2 aliphatic heterocycles. The number of nitrogens with one attached hydrogen (secondary N) is 2. The lowest BCUT2D eigenvalue weighted by atomic mass is 9.96. The zero-order chi connectivity index (χ0) is 27.2. The minimum Gasteiger partial charge on any atom is -0.457 e. The van der Waals surface area contributed by atoms with E-state index in [-0.39, 0.29) is 29.5 Å². The molecule has 0 aliphatic carbocycles. The van der Waals surface area contributed by atoms with Crippen LogP contribution < -0.4 is 16.4 Å². The molecule has 0 spiro atoms. The maximum Gasteiger partial charge on any atom is 0.327 e. The average Bonchev–Trinajstić information content (AvgIpc) is 3.54. The summed E-state index contributed by atoms with van der Waals surface area (Å²) in [5.74, 6) is -0.561. The van der Waals surface area contributed by atoms with Gasteiger partial charge in [-0.1, -0.05) is 41.7 Å². The Labute approximate surface area is 220 Å². The number of nitrogens with two attached hydrogens (primary N) is 1. The molecule has 4 heterocycles. The molecule has 5 rings (SSSR count). The fourth-order valence-electron chi connectivity index (χ4n) is 4.35. The summed E-state index contributed by atoms with van der Waals surface area (Å²) in [4.78, 5) is 35.1. The molecular weight excluding hydrogens is 539 g/mol. The van der Waals surface area contributed by atoms with E-state index >= 15 is 0 Å². The van der Waals surface area contributed by atoms with Gasteiger partial charge in [0.1, 0.15) is 30.0 Å². The van der Waals surface area contributed by atoms with E-state index in [1.165, 1.54) is 17.8 Å². The van der Waals surface area contributed by atoms with Crippen molar-refractivity contribution in [2.24, 2.45) is 0 Å². The molecule has 2 aliphatic rings. The van der Waals surface area contributed by atoms with Gasteiger partial charge in [-0.25, -0.2) is 10.1 Å². The number of esters is 1. The zero-order valence-electron chi connectivity index (χ0n) is 20.4. The number of nitrogen functional groups attached to an aromatic ring is 1. The Hall–Kier alpha value is -2.78. The van der Waals surface area contributed by atoms with Crippen molar-refractivity contribution >= 4 is 41.2 Å². The van der Waals surface area contributed by atoms with Crippen LogP contribution in [0.3, 0.4) is 0 Å². The third-order valence-electron chi connectivity index (χ3n) is 6.44. The smallest absolute Gasteiger partial charge is 0.327 e. The van der Waals surface area contributed by atoms with Gasteiger partial charge in [0.25, 0.3) is 5.56 Å². The van der Waals surface area contributed by atoms with Crippen molar-refractivity contribution in [2.45, 2.75) is 50.0 Å². The Morgan fingerprint density at radius 2 is 2.16 bits per heavy atom. The third kappa shape index (κ3) is 4.98. The van der Waals surface area contributed by atoms with Gasteiger partial charge in [-0.05, 0) is 19.4 Å². The van der Waals surface area contributed by atoms with Gasteiger partial charge in [0.05, 0.1) is 12.9 Å². The Balaban J connectivity index is 1.23. The van der Waals surface area contributed by atoms with E-state index in [0.29, 0.717) is 0 Å². The second-order valence-corrected chi connectivity index (χ2v) is 13.6. The molecule has 1 aromatic carbocycles. The number of H-pyrrole nitrogens is 1. The number of aliphatic hydroxyl groups excluding tert-OH is 1. The third-order valence-corrected chi connectivity index (χ3v) is 10.5. The first kappa shape index (κ1) is 26.8. The maximum atomic E-state index is 13.2. The number of nitrogens with zero attached hydrogens (tertiary/aromatic N) is 3. The fourth-order valence-corrected chi connectivity index (χ4v) is 8.23. The first-order valence-corrected chi connectivity index (χ1v) is 14.9. The Morgan fingerprint density at radius 3 is 2.89 bits per heavy atom. The largest absolute Gasteiger partial charge is 0.457 e. The summed E-state index contributed by atoms with van der Waals surface area (Å²) in [5, 5.41) is 24.5. The normalized spacial score (nSPS) is 32.0. The van der Waals surface area contributed by atoms with E-state index in [1.54, 1.807) is 6.92 Å². The molecule has 14 nitrogen and oxygen atoms in total. The van der Waals surface area contributed by atoms with E-state index in [9.17, 15) is 24.4 Å². The van der Waals surface area contributed by atoms with Gasteiger partial charge in [-0.15, -0.1) is 0 Å². The number of imidazole rings is 1. The molecular formula is C22H27N6O8PS. The van der Waals surface area contributed by atoms with Crippen LogP contribution in [0.15, 0.2) is 41.5 Å². The second kappa shape index (κ2) is 10.1. The first-order chi connectivity index (χ1) is 18.0. The number of carbonyl (C=O) groups excluding carboxylic acids is 1. The molecule has 7 atom stereocenters. The Kier molecular flexibility index (Phi) is 7.11. The first-order valence-electron chi connectivity index (χ1n) is 11.7. The van der Waals surface area contributed by atoms with Crippen LogP contribution >= 0.6 is 18.1 Å². The minimum atomic E-state index is -3.55. The van der Waals surface area contributed by atoms with Crippen LogP contribution in [0.5, 0.6) is 0 Å². The van der Waals surface area contributed by atoms with E-state index in [4.69, 9.17) is 19.7 Å². The Morgan fingerprint density at radius 1 is 1.42 bits per heavy atom. The number of aromatic nitrogens is 4. The molecule has 2 aromatic heterocycles. The lowest BCUT2D eigenvalue weighted by Gasteiger charge is -2.27. The van der Waals surface area contributed by atoms with Crippen molar-refractivity contribution in [1.29, 1.82) is 0 Å². The van der Waals surface area contributed by atoms with Crippen molar-refractivity contribution in [3.8, 4) is 0 Å². The van der Waals surface area contributed by atoms with Crippen molar-refractivity contribution in [3.05, 3.63) is 52.6 Å². The summed E-state index contributed by atoms with van der Waals surface area (Å²) in [6.07, 6.45) is -3.03. The van der Waals surface area contributed by atoms with Gasteiger partial charge in [0.2, 0.25) is 5.95 Å². The number of ether oxygens (including phenoxy) is 2. The summed E-state index contributed by atoms with van der Waals surface area (Å²) < 4.78 is 31.5. The molecule has 16 heteroatoms. The number of carbonyl (C=O) groups is 1. The van der Waals surface area contributed by atoms with Gasteiger partial charge >= 0.3 is 12.7 Å². The number of fused-ring (bicyclic) bond motifs is 1. The lowest BCUT2D eigenvalue weighted by Crippen LogP contribution is -2.44. The van der Waals surface area contributed by atoms with Crippen LogP contribution in [-0.4, -0.2) is 71.9 Å². The summed E-state index contributed by atoms with van der Waals surface area (Å²) >= 11 is 0.937. The van der Waals surface area contributed by atoms with Crippen LogP contribution in [0.4, 0.5) is 5.95 Å². The van der Waals surface area contributed by atoms with E-state index in [2.05, 4.69) is 20.0 Å². The number of anilines is 1. The van der Waals surface area contributed by atoms with E-state index < -0.39 is 54.4 Å². The van der Waals surface area contributed by atoms with Crippen LogP contribution in [0.25, 0.3) is 11.2 Å². The van der Waals surface area contributed by atoms with Gasteiger partial charge in [-0.3, -0.25) is 23.7 Å². The van der Waals surface area contributed by atoms with Gasteiger partial charge in [-0.2, -0.15) is 4.98 Å². The molecule has 204 valence electrons. The van der Waals surface area contributed by atoms with Crippen LogP contribution in [0.1, 0.15) is 31.7 Å². The van der Waals surface area contributed by atoms with Crippen molar-refractivity contribution < 1.29 is 33.6 Å². The average molecular weight is 567 g/mol. The molecule has 0 amide bonds. The number of aromatic amines is 1. The number of benzene rings is 1. The lowest BCUT2D eigenvalue weighted by molar-refractivity contribution is -0.150. The predicted molar refractivity (Wildman–Crippen MR) is 137 cm³/mol. The molecule has 38 heavy (non-hydrogen) atoms. The van der Waals surface area contributed by atoms with Gasteiger partial charge in [0.15, 0.2) is 17.4 Å². The quantitative estimate of drug-likeness (QED) is 0.199. The van der Waals surface area contributed by atoms with Crippen LogP contribution in [0, 0.1) is 0 Å². The summed E-state index contributed by atoms with van der Waals surface area (Å²) in [6, 6.07) is 8.37. The molecule has 0 radical (unpaired) electrons. The predicted octanol–water partition coefficient (Wildman–Crippen LogP) is 0.845. The van der Waals surface area contributed by atoms with Crippen LogP contribution in [0.2, 0.25) is 0 Å². The molecule has 0 bridgehead atoms.